The molecule has 4 aromatic rings. The number of rotatable bonds is 12. The number of carbonyl (C=O) groups is 1. The van der Waals surface area contributed by atoms with Crippen LogP contribution in [0.4, 0.5) is 5.69 Å². The first-order valence-corrected chi connectivity index (χ1v) is 16.8. The number of amides is 1. The molecule has 0 aliphatic carbocycles. The molecule has 47 heavy (non-hydrogen) atoms. The number of fused-ring (bicyclic) bond motifs is 3. The molecule has 1 atom stereocenters. The van der Waals surface area contributed by atoms with Gasteiger partial charge in [-0.2, -0.15) is 0 Å². The highest BCUT2D eigenvalue weighted by Gasteiger charge is 2.32. The number of benzene rings is 3. The van der Waals surface area contributed by atoms with E-state index < -0.39 is 0 Å². The van der Waals surface area contributed by atoms with Crippen molar-refractivity contribution in [3.05, 3.63) is 65.7 Å². The molecule has 1 amide bonds. The molecule has 2 saturated heterocycles. The summed E-state index contributed by atoms with van der Waals surface area (Å²) in [5, 5.41) is 0. The lowest BCUT2D eigenvalue weighted by Crippen LogP contribution is -2.47. The Labute approximate surface area is 275 Å². The molecule has 3 aliphatic rings. The number of piperazine rings is 1. The van der Waals surface area contributed by atoms with Crippen molar-refractivity contribution in [2.45, 2.75) is 38.6 Å². The van der Waals surface area contributed by atoms with Crippen LogP contribution in [0.15, 0.2) is 64.0 Å². The van der Waals surface area contributed by atoms with Gasteiger partial charge in [0.25, 0.3) is 5.91 Å². The normalized spacial score (nSPS) is 18.3. The monoisotopic (exact) mass is 637 g/mol. The Morgan fingerprint density at radius 3 is 2.36 bits per heavy atom. The Morgan fingerprint density at radius 2 is 1.62 bits per heavy atom. The Balaban J connectivity index is 0.811. The average Bonchev–Trinajstić information content (AvgIpc) is 3.74. The van der Waals surface area contributed by atoms with Gasteiger partial charge in [-0.05, 0) is 74.6 Å². The third kappa shape index (κ3) is 6.99. The molecular weight excluding hydrogens is 594 g/mol. The molecule has 0 spiro atoms. The summed E-state index contributed by atoms with van der Waals surface area (Å²) in [7, 11) is 1.65. The fraction of sp³-hybridized carbons (Fsp3) is 0.432. The van der Waals surface area contributed by atoms with Crippen molar-refractivity contribution in [3.63, 3.8) is 0 Å². The SMILES string of the molecule is COc1cc(-c2nc3ccccc3o2)ccc1OCCCN1CCN(CCCOc2cc3c(cc2C)C(=O)N2CCC[C@H]2C=N3)CC1. The summed E-state index contributed by atoms with van der Waals surface area (Å²) in [6.07, 6.45) is 5.86. The molecule has 10 nitrogen and oxygen atoms in total. The van der Waals surface area contributed by atoms with E-state index in [9.17, 15) is 4.79 Å². The van der Waals surface area contributed by atoms with E-state index in [0.717, 1.165) is 111 Å². The highest BCUT2D eigenvalue weighted by Crippen LogP contribution is 2.35. The van der Waals surface area contributed by atoms with E-state index in [1.54, 1.807) is 7.11 Å². The van der Waals surface area contributed by atoms with Crippen LogP contribution in [-0.2, 0) is 0 Å². The van der Waals surface area contributed by atoms with Crippen molar-refractivity contribution in [3.8, 4) is 28.7 Å². The second-order valence-corrected chi connectivity index (χ2v) is 12.6. The van der Waals surface area contributed by atoms with Crippen LogP contribution < -0.4 is 14.2 Å². The zero-order valence-corrected chi connectivity index (χ0v) is 27.3. The summed E-state index contributed by atoms with van der Waals surface area (Å²) in [4.78, 5) is 29.3. The minimum absolute atomic E-state index is 0.0878. The van der Waals surface area contributed by atoms with Gasteiger partial charge in [-0.1, -0.05) is 12.1 Å². The lowest BCUT2D eigenvalue weighted by Gasteiger charge is -2.34. The second-order valence-electron chi connectivity index (χ2n) is 12.6. The number of nitrogens with zero attached hydrogens (tertiary/aromatic N) is 5. The third-order valence-electron chi connectivity index (χ3n) is 9.39. The minimum Gasteiger partial charge on any atom is -0.493 e. The lowest BCUT2D eigenvalue weighted by atomic mass is 10.1. The molecule has 3 aromatic carbocycles. The van der Waals surface area contributed by atoms with Gasteiger partial charge in [0.1, 0.15) is 11.3 Å². The number of ether oxygens (including phenoxy) is 3. The summed E-state index contributed by atoms with van der Waals surface area (Å²) in [6, 6.07) is 17.6. The highest BCUT2D eigenvalue weighted by molar-refractivity contribution is 6.03. The van der Waals surface area contributed by atoms with Crippen LogP contribution in [0.3, 0.4) is 0 Å². The van der Waals surface area contributed by atoms with Crippen LogP contribution in [0.5, 0.6) is 17.2 Å². The molecule has 0 bridgehead atoms. The number of oxazole rings is 1. The maximum atomic E-state index is 13.1. The standard InChI is InChI=1S/C37H43N5O5/c1-26-22-29-31(38-25-28-8-5-15-42(28)37(29)43)24-34(26)46-21-7-14-41-18-16-40(17-19-41)13-6-20-45-33-12-11-27(23-35(33)44-2)36-39-30-9-3-4-10-32(30)47-36/h3-4,9-12,22-25,28H,5-8,13-21H2,1-2H3/t28-/m0/s1. The first-order valence-electron chi connectivity index (χ1n) is 16.8. The molecule has 1 aromatic heterocycles. The maximum Gasteiger partial charge on any atom is 0.256 e. The van der Waals surface area contributed by atoms with Crippen LogP contribution in [0.2, 0.25) is 0 Å². The van der Waals surface area contributed by atoms with Gasteiger partial charge in [0.05, 0.1) is 37.6 Å². The number of hydrogen-bond acceptors (Lipinski definition) is 9. The van der Waals surface area contributed by atoms with Gasteiger partial charge < -0.3 is 33.3 Å². The number of aromatic nitrogens is 1. The lowest BCUT2D eigenvalue weighted by molar-refractivity contribution is 0.0774. The fourth-order valence-electron chi connectivity index (χ4n) is 6.72. The molecule has 0 saturated carbocycles. The van der Waals surface area contributed by atoms with Gasteiger partial charge in [0.2, 0.25) is 5.89 Å². The summed E-state index contributed by atoms with van der Waals surface area (Å²) >= 11 is 0. The summed E-state index contributed by atoms with van der Waals surface area (Å²) < 4.78 is 23.8. The number of aliphatic imine (C=N–C) groups is 1. The Bertz CT molecular complexity index is 1710. The zero-order chi connectivity index (χ0) is 32.2. The second kappa shape index (κ2) is 14.1. The molecule has 3 aliphatic heterocycles. The largest absolute Gasteiger partial charge is 0.493 e. The zero-order valence-electron chi connectivity index (χ0n) is 27.3. The van der Waals surface area contributed by atoms with Gasteiger partial charge in [0, 0.05) is 63.7 Å². The molecule has 0 N–H and O–H groups in total. The van der Waals surface area contributed by atoms with E-state index in [4.69, 9.17) is 18.6 Å². The smallest absolute Gasteiger partial charge is 0.256 e. The first-order chi connectivity index (χ1) is 23.1. The van der Waals surface area contributed by atoms with Crippen molar-refractivity contribution in [2.24, 2.45) is 4.99 Å². The van der Waals surface area contributed by atoms with Crippen LogP contribution in [0, 0.1) is 6.92 Å². The number of para-hydroxylation sites is 2. The third-order valence-corrected chi connectivity index (χ3v) is 9.39. The minimum atomic E-state index is 0.0878. The van der Waals surface area contributed by atoms with Gasteiger partial charge in [0.15, 0.2) is 17.1 Å². The molecule has 0 unspecified atom stereocenters. The fourth-order valence-corrected chi connectivity index (χ4v) is 6.72. The van der Waals surface area contributed by atoms with Gasteiger partial charge >= 0.3 is 0 Å². The highest BCUT2D eigenvalue weighted by atomic mass is 16.5. The van der Waals surface area contributed by atoms with Crippen molar-refractivity contribution < 1.29 is 23.4 Å². The van der Waals surface area contributed by atoms with E-state index >= 15 is 0 Å². The quantitative estimate of drug-likeness (QED) is 0.175. The van der Waals surface area contributed by atoms with Crippen LogP contribution in [0.1, 0.15) is 41.6 Å². The van der Waals surface area contributed by atoms with Gasteiger partial charge in [-0.3, -0.25) is 9.79 Å². The number of hydrogen-bond donors (Lipinski definition) is 0. The molecule has 246 valence electrons. The molecule has 4 heterocycles. The van der Waals surface area contributed by atoms with Crippen molar-refractivity contribution in [1.29, 1.82) is 0 Å². The van der Waals surface area contributed by atoms with E-state index in [0.29, 0.717) is 30.4 Å². The number of carbonyl (C=O) groups excluding carboxylic acids is 1. The molecular formula is C37H43N5O5. The number of methoxy groups -OCH3 is 1. The van der Waals surface area contributed by atoms with Crippen molar-refractivity contribution >= 4 is 28.9 Å². The van der Waals surface area contributed by atoms with E-state index in [1.807, 2.05) is 72.6 Å². The predicted molar refractivity (Wildman–Crippen MR) is 182 cm³/mol. The summed E-state index contributed by atoms with van der Waals surface area (Å²) in [5.74, 6) is 2.87. The Hall–Kier alpha value is -4.41. The molecule has 0 radical (unpaired) electrons. The first kappa shape index (κ1) is 31.2. The summed E-state index contributed by atoms with van der Waals surface area (Å²) in [6.45, 7) is 10.3. The Morgan fingerprint density at radius 1 is 0.872 bits per heavy atom. The van der Waals surface area contributed by atoms with E-state index in [1.165, 1.54) is 0 Å². The van der Waals surface area contributed by atoms with Crippen LogP contribution in [-0.4, -0.2) is 104 Å². The summed E-state index contributed by atoms with van der Waals surface area (Å²) in [5.41, 5.74) is 4.84. The van der Waals surface area contributed by atoms with Crippen molar-refractivity contribution in [1.82, 2.24) is 19.7 Å². The topological polar surface area (TPSA) is 92.9 Å². The maximum absolute atomic E-state index is 13.1. The van der Waals surface area contributed by atoms with E-state index in [2.05, 4.69) is 19.8 Å². The van der Waals surface area contributed by atoms with Crippen LogP contribution in [0.25, 0.3) is 22.6 Å². The number of aryl methyl sites for hydroxylation is 1. The van der Waals surface area contributed by atoms with Crippen LogP contribution >= 0.6 is 0 Å². The molecule has 10 heteroatoms. The predicted octanol–water partition coefficient (Wildman–Crippen LogP) is 5.99. The van der Waals surface area contributed by atoms with Gasteiger partial charge in [-0.15, -0.1) is 0 Å². The van der Waals surface area contributed by atoms with Gasteiger partial charge in [-0.25, -0.2) is 4.98 Å². The Kier molecular flexibility index (Phi) is 9.39. The molecule has 2 fully saturated rings. The van der Waals surface area contributed by atoms with Crippen molar-refractivity contribution in [2.75, 3.05) is 66.1 Å². The van der Waals surface area contributed by atoms with E-state index in [-0.39, 0.29) is 11.9 Å². The average molecular weight is 638 g/mol. The molecule has 7 rings (SSSR count).